The predicted molar refractivity (Wildman–Crippen MR) is 72.8 cm³/mol. The van der Waals surface area contributed by atoms with Crippen molar-refractivity contribution in [1.82, 2.24) is 5.06 Å². The summed E-state index contributed by atoms with van der Waals surface area (Å²) in [5, 5.41) is 11.2. The highest BCUT2D eigenvalue weighted by molar-refractivity contribution is 7.54. The van der Waals surface area contributed by atoms with E-state index in [1.807, 2.05) is 20.8 Å². The molecular formula is C12H26NO4P. The molecule has 18 heavy (non-hydrogen) atoms. The van der Waals surface area contributed by atoms with Crippen LogP contribution in [-0.4, -0.2) is 34.8 Å². The summed E-state index contributed by atoms with van der Waals surface area (Å²) in [5.41, 5.74) is -0.0503. The number of hydroxylamine groups is 2. The van der Waals surface area contributed by atoms with Gasteiger partial charge in [-0.3, -0.25) is 4.57 Å². The van der Waals surface area contributed by atoms with Crippen molar-refractivity contribution in [2.24, 2.45) is 0 Å². The second-order valence-electron chi connectivity index (χ2n) is 5.11. The first-order chi connectivity index (χ1) is 8.10. The zero-order chi connectivity index (χ0) is 14.6. The maximum absolute atomic E-state index is 12.7. The highest BCUT2D eigenvalue weighted by Crippen LogP contribution is 2.56. The molecule has 0 aromatic heterocycles. The fourth-order valence-corrected chi connectivity index (χ4v) is 3.75. The second-order valence-corrected chi connectivity index (χ2v) is 7.20. The van der Waals surface area contributed by atoms with Crippen LogP contribution in [0.2, 0.25) is 0 Å². The van der Waals surface area contributed by atoms with Gasteiger partial charge in [-0.1, -0.05) is 6.58 Å². The minimum Gasteiger partial charge on any atom is -0.312 e. The van der Waals surface area contributed by atoms with E-state index >= 15 is 0 Å². The molecule has 0 rings (SSSR count). The van der Waals surface area contributed by atoms with Crippen LogP contribution in [0.4, 0.5) is 0 Å². The molecule has 0 aliphatic rings. The monoisotopic (exact) mass is 279 g/mol. The van der Waals surface area contributed by atoms with E-state index in [9.17, 15) is 9.77 Å². The topological polar surface area (TPSA) is 59.0 Å². The third kappa shape index (κ3) is 4.48. The van der Waals surface area contributed by atoms with Crippen LogP contribution in [0.5, 0.6) is 0 Å². The number of hydrogen-bond donors (Lipinski definition) is 1. The molecule has 108 valence electrons. The summed E-state index contributed by atoms with van der Waals surface area (Å²) >= 11 is 0. The van der Waals surface area contributed by atoms with E-state index in [0.29, 0.717) is 5.57 Å². The van der Waals surface area contributed by atoms with Crippen LogP contribution in [-0.2, 0) is 13.6 Å². The van der Waals surface area contributed by atoms with Gasteiger partial charge >= 0.3 is 7.60 Å². The third-order valence-corrected chi connectivity index (χ3v) is 4.77. The first-order valence-corrected chi connectivity index (χ1v) is 7.73. The average Bonchev–Trinajstić information content (AvgIpc) is 2.15. The lowest BCUT2D eigenvalue weighted by atomic mass is 10.1. The molecule has 0 aliphatic carbocycles. The first-order valence-electron chi connectivity index (χ1n) is 6.12. The molecule has 0 fully saturated rings. The Morgan fingerprint density at radius 1 is 1.33 bits per heavy atom. The molecule has 0 amide bonds. The van der Waals surface area contributed by atoms with Crippen molar-refractivity contribution in [2.75, 3.05) is 13.2 Å². The highest BCUT2D eigenvalue weighted by atomic mass is 31.2. The highest BCUT2D eigenvalue weighted by Gasteiger charge is 2.44. The summed E-state index contributed by atoms with van der Waals surface area (Å²) in [6, 6.07) is 0. The van der Waals surface area contributed by atoms with Crippen molar-refractivity contribution < 1.29 is 18.8 Å². The van der Waals surface area contributed by atoms with Crippen LogP contribution in [0, 0.1) is 0 Å². The Morgan fingerprint density at radius 2 is 1.72 bits per heavy atom. The van der Waals surface area contributed by atoms with E-state index in [-0.39, 0.29) is 13.2 Å². The van der Waals surface area contributed by atoms with E-state index in [4.69, 9.17) is 9.05 Å². The van der Waals surface area contributed by atoms with Gasteiger partial charge in [0.05, 0.1) is 13.2 Å². The van der Waals surface area contributed by atoms with Gasteiger partial charge in [0.2, 0.25) is 0 Å². The summed E-state index contributed by atoms with van der Waals surface area (Å²) in [5.74, 6) is -0.864. The number of nitrogens with zero attached hydrogens (tertiary/aromatic N) is 1. The average molecular weight is 279 g/mol. The second kappa shape index (κ2) is 6.83. The molecule has 1 atom stereocenters. The summed E-state index contributed by atoms with van der Waals surface area (Å²) in [6.45, 7) is 14.9. The summed E-state index contributed by atoms with van der Waals surface area (Å²) in [6.07, 6.45) is 0. The lowest BCUT2D eigenvalue weighted by Crippen LogP contribution is -2.46. The zero-order valence-electron chi connectivity index (χ0n) is 12.3. The fraction of sp³-hybridized carbons (Fsp3) is 0.833. The van der Waals surface area contributed by atoms with Crippen LogP contribution in [0.1, 0.15) is 41.5 Å². The molecule has 5 nitrogen and oxygen atoms in total. The van der Waals surface area contributed by atoms with Crippen molar-refractivity contribution in [3.63, 3.8) is 0 Å². The Bertz CT molecular complexity index is 315. The molecule has 0 bridgehead atoms. The summed E-state index contributed by atoms with van der Waals surface area (Å²) < 4.78 is 23.3. The molecule has 0 heterocycles. The standard InChI is InChI=1S/C12H26NO4P/c1-8-16-18(15,17-9-2)11(10(3)4)13(14)12(5,6)7/h11,14H,3,8-9H2,1-2,4-7H3. The Balaban J connectivity index is 5.43. The lowest BCUT2D eigenvalue weighted by Gasteiger charge is -2.39. The van der Waals surface area contributed by atoms with Gasteiger partial charge in [0, 0.05) is 5.54 Å². The lowest BCUT2D eigenvalue weighted by molar-refractivity contribution is -0.164. The fourth-order valence-electron chi connectivity index (χ4n) is 1.52. The molecule has 0 aromatic carbocycles. The third-order valence-electron chi connectivity index (χ3n) is 2.28. The molecule has 0 spiro atoms. The van der Waals surface area contributed by atoms with Crippen molar-refractivity contribution in [3.05, 3.63) is 12.2 Å². The molecule has 0 aromatic rings. The van der Waals surface area contributed by atoms with Gasteiger partial charge in [-0.25, -0.2) is 0 Å². The van der Waals surface area contributed by atoms with E-state index in [1.165, 1.54) is 0 Å². The van der Waals surface area contributed by atoms with Crippen LogP contribution >= 0.6 is 7.60 Å². The maximum atomic E-state index is 12.7. The van der Waals surface area contributed by atoms with Crippen LogP contribution in [0.25, 0.3) is 0 Å². The molecule has 0 radical (unpaired) electrons. The van der Waals surface area contributed by atoms with Gasteiger partial charge in [0.25, 0.3) is 0 Å². The maximum Gasteiger partial charge on any atom is 0.354 e. The minimum absolute atomic E-state index is 0.249. The first kappa shape index (κ1) is 17.8. The molecule has 1 N–H and O–H groups in total. The van der Waals surface area contributed by atoms with Gasteiger partial charge < -0.3 is 14.3 Å². The van der Waals surface area contributed by atoms with Crippen molar-refractivity contribution in [1.29, 1.82) is 0 Å². The normalized spacial score (nSPS) is 14.9. The van der Waals surface area contributed by atoms with E-state index in [2.05, 4.69) is 6.58 Å². The Hall–Kier alpha value is -0.190. The summed E-state index contributed by atoms with van der Waals surface area (Å²) in [4.78, 5) is 0. The minimum atomic E-state index is -3.46. The molecular weight excluding hydrogens is 253 g/mol. The van der Waals surface area contributed by atoms with Crippen molar-refractivity contribution >= 4 is 7.60 Å². The van der Waals surface area contributed by atoms with Gasteiger partial charge in [-0.05, 0) is 47.1 Å². The molecule has 0 aliphatic heterocycles. The Morgan fingerprint density at radius 3 is 1.94 bits per heavy atom. The smallest absolute Gasteiger partial charge is 0.312 e. The van der Waals surface area contributed by atoms with E-state index < -0.39 is 18.9 Å². The molecule has 0 saturated carbocycles. The Labute approximate surface area is 110 Å². The van der Waals surface area contributed by atoms with Crippen LogP contribution in [0.15, 0.2) is 12.2 Å². The van der Waals surface area contributed by atoms with E-state index in [1.54, 1.807) is 20.8 Å². The van der Waals surface area contributed by atoms with Crippen molar-refractivity contribution in [3.8, 4) is 0 Å². The van der Waals surface area contributed by atoms with Crippen molar-refractivity contribution in [2.45, 2.75) is 52.9 Å². The molecule has 1 unspecified atom stereocenters. The van der Waals surface area contributed by atoms with Gasteiger partial charge in [-0.2, -0.15) is 5.06 Å². The van der Waals surface area contributed by atoms with Gasteiger partial charge in [0.15, 0.2) is 5.78 Å². The molecule has 6 heteroatoms. The Kier molecular flexibility index (Phi) is 6.75. The van der Waals surface area contributed by atoms with Crippen LogP contribution < -0.4 is 0 Å². The largest absolute Gasteiger partial charge is 0.354 e. The predicted octanol–water partition coefficient (Wildman–Crippen LogP) is 3.64. The number of hydrogen-bond acceptors (Lipinski definition) is 5. The summed E-state index contributed by atoms with van der Waals surface area (Å²) in [7, 11) is -3.46. The SMILES string of the molecule is C=C(C)C(N(O)C(C)(C)C)P(=O)(OCC)OCC. The van der Waals surface area contributed by atoms with Gasteiger partial charge in [0.1, 0.15) is 0 Å². The van der Waals surface area contributed by atoms with E-state index in [0.717, 1.165) is 5.06 Å². The zero-order valence-corrected chi connectivity index (χ0v) is 13.2. The molecule has 0 saturated heterocycles. The van der Waals surface area contributed by atoms with Crippen LogP contribution in [0.3, 0.4) is 0 Å². The quantitative estimate of drug-likeness (QED) is 0.438. The van der Waals surface area contributed by atoms with Gasteiger partial charge in [-0.15, -0.1) is 0 Å². The number of rotatable bonds is 7.